The van der Waals surface area contributed by atoms with Crippen molar-refractivity contribution in [3.8, 4) is 11.1 Å². The van der Waals surface area contributed by atoms with Crippen LogP contribution in [0.25, 0.3) is 11.1 Å². The zero-order valence-electron chi connectivity index (χ0n) is 14.2. The Morgan fingerprint density at radius 2 is 1.88 bits per heavy atom. The average Bonchev–Trinajstić information content (AvgIpc) is 3.07. The van der Waals surface area contributed by atoms with E-state index in [1.54, 1.807) is 18.2 Å². The number of halogens is 2. The van der Waals surface area contributed by atoms with Crippen molar-refractivity contribution in [1.29, 1.82) is 0 Å². The molecule has 0 bridgehead atoms. The summed E-state index contributed by atoms with van der Waals surface area (Å²) in [6.45, 7) is 2.43. The Kier molecular flexibility index (Phi) is 5.13. The summed E-state index contributed by atoms with van der Waals surface area (Å²) >= 11 is 0. The van der Waals surface area contributed by atoms with Crippen LogP contribution >= 0.6 is 0 Å². The van der Waals surface area contributed by atoms with Crippen LogP contribution in [0.3, 0.4) is 0 Å². The Morgan fingerprint density at radius 1 is 1.20 bits per heavy atom. The van der Waals surface area contributed by atoms with Gasteiger partial charge in [-0.05, 0) is 23.6 Å². The lowest BCUT2D eigenvalue weighted by Gasteiger charge is -2.25. The third-order valence-corrected chi connectivity index (χ3v) is 4.89. The van der Waals surface area contributed by atoms with Gasteiger partial charge < -0.3 is 10.6 Å². The molecular weight excluding hydrogens is 322 g/mol. The van der Waals surface area contributed by atoms with Gasteiger partial charge in [0, 0.05) is 18.0 Å². The normalized spacial score (nSPS) is 19.7. The van der Waals surface area contributed by atoms with Gasteiger partial charge in [0.25, 0.3) is 0 Å². The van der Waals surface area contributed by atoms with Crippen molar-refractivity contribution in [2.45, 2.75) is 31.5 Å². The second kappa shape index (κ2) is 7.31. The first-order valence-electron chi connectivity index (χ1n) is 8.50. The van der Waals surface area contributed by atoms with Crippen molar-refractivity contribution in [2.24, 2.45) is 5.73 Å². The van der Waals surface area contributed by atoms with Crippen LogP contribution in [0, 0.1) is 5.82 Å². The Labute approximate surface area is 146 Å². The third kappa shape index (κ3) is 3.71. The number of hydrogen-bond acceptors (Lipinski definition) is 2. The highest BCUT2D eigenvalue weighted by Gasteiger charge is 2.32. The molecule has 2 aromatic rings. The molecule has 132 valence electrons. The molecule has 1 heterocycles. The van der Waals surface area contributed by atoms with E-state index in [0.717, 1.165) is 11.1 Å². The van der Waals surface area contributed by atoms with Crippen LogP contribution in [-0.2, 0) is 4.79 Å². The fourth-order valence-corrected chi connectivity index (χ4v) is 3.21. The summed E-state index contributed by atoms with van der Waals surface area (Å²) < 4.78 is 27.2. The molecule has 1 fully saturated rings. The minimum absolute atomic E-state index is 0.130. The molecule has 3 nitrogen and oxygen atoms in total. The number of nitrogens with zero attached hydrogens (tertiary/aromatic N) is 1. The van der Waals surface area contributed by atoms with E-state index in [9.17, 15) is 13.6 Å². The van der Waals surface area contributed by atoms with Crippen molar-refractivity contribution in [3.05, 3.63) is 59.9 Å². The maximum Gasteiger partial charge on any atom is 0.240 e. The Bertz CT molecular complexity index is 748. The quantitative estimate of drug-likeness (QED) is 0.923. The molecule has 0 saturated carbocycles. The number of rotatable bonds is 4. The Balaban J connectivity index is 1.73. The van der Waals surface area contributed by atoms with E-state index in [1.807, 2.05) is 31.2 Å². The van der Waals surface area contributed by atoms with Gasteiger partial charge in [0.05, 0.1) is 12.6 Å². The highest BCUT2D eigenvalue weighted by molar-refractivity contribution is 5.83. The summed E-state index contributed by atoms with van der Waals surface area (Å²) in [4.78, 5) is 13.9. The predicted molar refractivity (Wildman–Crippen MR) is 94.3 cm³/mol. The molecule has 0 aliphatic carbocycles. The van der Waals surface area contributed by atoms with E-state index in [2.05, 4.69) is 0 Å². The summed E-state index contributed by atoms with van der Waals surface area (Å²) in [6.07, 6.45) is -0.573. The molecule has 1 aliphatic heterocycles. The van der Waals surface area contributed by atoms with Crippen molar-refractivity contribution in [2.75, 3.05) is 13.1 Å². The molecule has 5 heteroatoms. The van der Waals surface area contributed by atoms with Crippen LogP contribution in [0.2, 0.25) is 0 Å². The fraction of sp³-hybridized carbons (Fsp3) is 0.350. The minimum atomic E-state index is -0.952. The van der Waals surface area contributed by atoms with Crippen molar-refractivity contribution >= 4 is 5.91 Å². The fourth-order valence-electron chi connectivity index (χ4n) is 3.21. The van der Waals surface area contributed by atoms with Gasteiger partial charge in [-0.15, -0.1) is 0 Å². The van der Waals surface area contributed by atoms with E-state index in [-0.39, 0.29) is 24.2 Å². The standard InChI is InChI=1S/C20H22F2N2O/c1-13(19(23)20(25)24-11-10-16(21)12-24)14-6-8-15(9-7-14)17-4-2-3-5-18(17)22/h2-9,13,16,19H,10-12,23H2,1H3/t13-,16-,19-/m0/s1. The van der Waals surface area contributed by atoms with Crippen molar-refractivity contribution in [3.63, 3.8) is 0 Å². The maximum atomic E-state index is 13.9. The lowest BCUT2D eigenvalue weighted by atomic mass is 9.91. The second-order valence-corrected chi connectivity index (χ2v) is 6.59. The number of alkyl halides is 1. The monoisotopic (exact) mass is 344 g/mol. The van der Waals surface area contributed by atoms with Gasteiger partial charge in [-0.3, -0.25) is 4.79 Å². The van der Waals surface area contributed by atoms with E-state index in [4.69, 9.17) is 5.73 Å². The molecule has 0 radical (unpaired) electrons. The number of hydrogen-bond donors (Lipinski definition) is 1. The molecule has 0 spiro atoms. The van der Waals surface area contributed by atoms with Gasteiger partial charge in [0.15, 0.2) is 0 Å². The number of amides is 1. The molecule has 25 heavy (non-hydrogen) atoms. The molecule has 1 saturated heterocycles. The molecule has 0 aromatic heterocycles. The van der Waals surface area contributed by atoms with Gasteiger partial charge in [0.1, 0.15) is 12.0 Å². The smallest absolute Gasteiger partial charge is 0.240 e. The Morgan fingerprint density at radius 3 is 2.48 bits per heavy atom. The Hall–Kier alpha value is -2.27. The van der Waals surface area contributed by atoms with E-state index in [0.29, 0.717) is 18.5 Å². The van der Waals surface area contributed by atoms with Gasteiger partial charge in [-0.1, -0.05) is 49.4 Å². The molecule has 3 rings (SSSR count). The lowest BCUT2D eigenvalue weighted by molar-refractivity contribution is -0.132. The lowest BCUT2D eigenvalue weighted by Crippen LogP contribution is -2.45. The SMILES string of the molecule is C[C@@H](c1ccc(-c2ccccc2F)cc1)[C@H](N)C(=O)N1CC[C@H](F)C1. The average molecular weight is 344 g/mol. The van der Waals surface area contributed by atoms with E-state index in [1.165, 1.54) is 11.0 Å². The number of benzene rings is 2. The number of carbonyl (C=O) groups excluding carboxylic acids is 1. The first kappa shape index (κ1) is 17.5. The number of likely N-dealkylation sites (tertiary alicyclic amines) is 1. The second-order valence-electron chi connectivity index (χ2n) is 6.59. The molecule has 1 aliphatic rings. The van der Waals surface area contributed by atoms with Crippen LogP contribution in [0.15, 0.2) is 48.5 Å². The van der Waals surface area contributed by atoms with Crippen LogP contribution in [0.5, 0.6) is 0 Å². The molecule has 2 N–H and O–H groups in total. The summed E-state index contributed by atoms with van der Waals surface area (Å²) in [6, 6.07) is 13.3. The van der Waals surface area contributed by atoms with Crippen LogP contribution in [0.1, 0.15) is 24.8 Å². The number of carbonyl (C=O) groups is 1. The largest absolute Gasteiger partial charge is 0.338 e. The third-order valence-electron chi connectivity index (χ3n) is 4.89. The van der Waals surface area contributed by atoms with Crippen LogP contribution < -0.4 is 5.73 Å². The van der Waals surface area contributed by atoms with Crippen molar-refractivity contribution in [1.82, 2.24) is 4.90 Å². The summed E-state index contributed by atoms with van der Waals surface area (Å²) in [5.41, 5.74) is 8.32. The van der Waals surface area contributed by atoms with Gasteiger partial charge in [-0.2, -0.15) is 0 Å². The number of nitrogens with two attached hydrogens (primary N) is 1. The first-order chi connectivity index (χ1) is 12.0. The summed E-state index contributed by atoms with van der Waals surface area (Å²) in [5.74, 6) is -0.698. The minimum Gasteiger partial charge on any atom is -0.338 e. The topological polar surface area (TPSA) is 46.3 Å². The van der Waals surface area contributed by atoms with E-state index >= 15 is 0 Å². The molecule has 3 atom stereocenters. The van der Waals surface area contributed by atoms with Crippen molar-refractivity contribution < 1.29 is 13.6 Å². The van der Waals surface area contributed by atoms with E-state index < -0.39 is 12.2 Å². The molecular formula is C20H22F2N2O. The zero-order chi connectivity index (χ0) is 18.0. The summed E-state index contributed by atoms with van der Waals surface area (Å²) in [5, 5.41) is 0. The maximum absolute atomic E-state index is 13.9. The molecule has 1 amide bonds. The van der Waals surface area contributed by atoms with Gasteiger partial charge in [0.2, 0.25) is 5.91 Å². The van der Waals surface area contributed by atoms with Gasteiger partial charge >= 0.3 is 0 Å². The highest BCUT2D eigenvalue weighted by Crippen LogP contribution is 2.26. The van der Waals surface area contributed by atoms with Crippen LogP contribution in [0.4, 0.5) is 8.78 Å². The first-order valence-corrected chi connectivity index (χ1v) is 8.50. The highest BCUT2D eigenvalue weighted by atomic mass is 19.1. The molecule has 2 aromatic carbocycles. The van der Waals surface area contributed by atoms with Gasteiger partial charge in [-0.25, -0.2) is 8.78 Å². The predicted octanol–water partition coefficient (Wildman–Crippen LogP) is 3.49. The molecule has 0 unspecified atom stereocenters. The van der Waals surface area contributed by atoms with Crippen LogP contribution in [-0.4, -0.2) is 36.1 Å². The summed E-state index contributed by atoms with van der Waals surface area (Å²) in [7, 11) is 0. The zero-order valence-corrected chi connectivity index (χ0v) is 14.2.